The van der Waals surface area contributed by atoms with Crippen molar-refractivity contribution >= 4 is 11.8 Å². The van der Waals surface area contributed by atoms with Crippen molar-refractivity contribution in [2.24, 2.45) is 0 Å². The summed E-state index contributed by atoms with van der Waals surface area (Å²) in [6.07, 6.45) is 35.3. The van der Waals surface area contributed by atoms with Crippen LogP contribution in [0.1, 0.15) is 194 Å². The molecule has 0 aliphatic heterocycles. The second-order valence-corrected chi connectivity index (χ2v) is 13.3. The molecule has 0 heterocycles. The summed E-state index contributed by atoms with van der Waals surface area (Å²) in [4.78, 5) is 26.5. The fraction of sp³-hybridized carbons (Fsp3) is 0.947. The van der Waals surface area contributed by atoms with E-state index in [9.17, 15) is 14.7 Å². The van der Waals surface area contributed by atoms with E-state index in [0.29, 0.717) is 45.6 Å². The van der Waals surface area contributed by atoms with E-state index in [0.717, 1.165) is 25.7 Å². The number of rotatable bonds is 36. The Morgan fingerprint density at radius 2 is 0.705 bits per heavy atom. The van der Waals surface area contributed by atoms with E-state index in [4.69, 9.17) is 0 Å². The van der Waals surface area contributed by atoms with Crippen molar-refractivity contribution in [3.05, 3.63) is 0 Å². The molecular formula is C38H77N3O3. The molecule has 0 unspecified atom stereocenters. The van der Waals surface area contributed by atoms with E-state index in [-0.39, 0.29) is 18.4 Å². The first-order chi connectivity index (χ1) is 21.6. The van der Waals surface area contributed by atoms with Crippen LogP contribution in [0.25, 0.3) is 0 Å². The average Bonchev–Trinajstić information content (AvgIpc) is 3.01. The summed E-state index contributed by atoms with van der Waals surface area (Å²) < 4.78 is 0. The second kappa shape index (κ2) is 36.3. The number of nitrogens with zero attached hydrogens (tertiary/aromatic N) is 1. The molecular weight excluding hydrogens is 546 g/mol. The summed E-state index contributed by atoms with van der Waals surface area (Å²) in [5.74, 6) is 0.256. The maximum absolute atomic E-state index is 12.2. The lowest BCUT2D eigenvalue weighted by atomic mass is 10.0. The molecule has 2 amide bonds. The van der Waals surface area contributed by atoms with E-state index in [1.165, 1.54) is 141 Å². The minimum absolute atomic E-state index is 0.0831. The number of nitrogens with one attached hydrogen (secondary N) is 2. The lowest BCUT2D eigenvalue weighted by Gasteiger charge is -2.21. The van der Waals surface area contributed by atoms with Gasteiger partial charge in [0, 0.05) is 45.6 Å². The fourth-order valence-electron chi connectivity index (χ4n) is 5.97. The van der Waals surface area contributed by atoms with Crippen molar-refractivity contribution in [2.45, 2.75) is 194 Å². The predicted molar refractivity (Wildman–Crippen MR) is 190 cm³/mol. The van der Waals surface area contributed by atoms with Crippen LogP contribution in [0.4, 0.5) is 0 Å². The summed E-state index contributed by atoms with van der Waals surface area (Å²) in [7, 11) is 0. The number of carbonyl (C=O) groups is 2. The van der Waals surface area contributed by atoms with Gasteiger partial charge in [-0.25, -0.2) is 0 Å². The highest BCUT2D eigenvalue weighted by atomic mass is 16.3. The van der Waals surface area contributed by atoms with Crippen molar-refractivity contribution in [2.75, 3.05) is 39.3 Å². The van der Waals surface area contributed by atoms with Crippen molar-refractivity contribution in [1.82, 2.24) is 15.5 Å². The van der Waals surface area contributed by atoms with Gasteiger partial charge in [0.2, 0.25) is 11.8 Å². The number of hydrogen-bond acceptors (Lipinski definition) is 4. The number of hydrogen-bond donors (Lipinski definition) is 3. The topological polar surface area (TPSA) is 81.7 Å². The van der Waals surface area contributed by atoms with Crippen molar-refractivity contribution in [3.8, 4) is 0 Å². The van der Waals surface area contributed by atoms with Crippen LogP contribution < -0.4 is 10.6 Å². The molecule has 0 aromatic rings. The third-order valence-electron chi connectivity index (χ3n) is 8.93. The third kappa shape index (κ3) is 33.7. The monoisotopic (exact) mass is 624 g/mol. The van der Waals surface area contributed by atoms with Gasteiger partial charge >= 0.3 is 0 Å². The molecule has 0 fully saturated rings. The van der Waals surface area contributed by atoms with Crippen molar-refractivity contribution in [3.63, 3.8) is 0 Å². The van der Waals surface area contributed by atoms with Gasteiger partial charge in [0.1, 0.15) is 0 Å². The van der Waals surface area contributed by atoms with Gasteiger partial charge in [-0.2, -0.15) is 0 Å². The van der Waals surface area contributed by atoms with Gasteiger partial charge in [0.15, 0.2) is 0 Å². The van der Waals surface area contributed by atoms with Gasteiger partial charge in [0.25, 0.3) is 0 Å². The standard InChI is InChI=1S/C38H77N3O3/c1-3-5-7-9-11-13-15-17-19-21-23-25-27-29-37(43)39-31-33-41(35-36-42)34-32-40-38(44)30-28-26-24-22-20-18-16-14-12-10-8-6-4-2/h42H,3-36H2,1-2H3,(H,39,43)(H,40,44). The van der Waals surface area contributed by atoms with Crippen LogP contribution in [0.5, 0.6) is 0 Å². The van der Waals surface area contributed by atoms with Crippen LogP contribution in [0.3, 0.4) is 0 Å². The molecule has 44 heavy (non-hydrogen) atoms. The molecule has 0 atom stereocenters. The van der Waals surface area contributed by atoms with Crippen LogP contribution in [0.2, 0.25) is 0 Å². The molecule has 0 aliphatic carbocycles. The Labute approximate surface area is 274 Å². The molecule has 3 N–H and O–H groups in total. The number of amides is 2. The van der Waals surface area contributed by atoms with Crippen LogP contribution in [0.15, 0.2) is 0 Å². The first-order valence-electron chi connectivity index (χ1n) is 19.5. The number of carbonyl (C=O) groups excluding carboxylic acids is 2. The Balaban J connectivity index is 3.59. The smallest absolute Gasteiger partial charge is 0.220 e. The number of aliphatic hydroxyl groups is 1. The molecule has 0 bridgehead atoms. The summed E-state index contributed by atoms with van der Waals surface area (Å²) in [6.45, 7) is 7.75. The molecule has 0 saturated carbocycles. The molecule has 0 aromatic heterocycles. The maximum Gasteiger partial charge on any atom is 0.220 e. The normalized spacial score (nSPS) is 11.4. The Morgan fingerprint density at radius 1 is 0.432 bits per heavy atom. The van der Waals surface area contributed by atoms with Gasteiger partial charge in [-0.05, 0) is 12.8 Å². The molecule has 0 rings (SSSR count). The SMILES string of the molecule is CCCCCCCCCCCCCCCC(=O)NCCN(CCO)CCNC(=O)CCCCCCCCCCCCCCC. The highest BCUT2D eigenvalue weighted by Crippen LogP contribution is 2.14. The molecule has 262 valence electrons. The molecule has 0 saturated heterocycles. The van der Waals surface area contributed by atoms with E-state index >= 15 is 0 Å². The molecule has 0 radical (unpaired) electrons. The summed E-state index contributed by atoms with van der Waals surface area (Å²) in [5, 5.41) is 15.5. The van der Waals surface area contributed by atoms with Crippen LogP contribution >= 0.6 is 0 Å². The Kier molecular flexibility index (Phi) is 35.4. The van der Waals surface area contributed by atoms with E-state index in [2.05, 4.69) is 29.4 Å². The number of unbranched alkanes of at least 4 members (excludes halogenated alkanes) is 24. The number of aliphatic hydroxyl groups excluding tert-OH is 1. The van der Waals surface area contributed by atoms with Crippen LogP contribution in [-0.4, -0.2) is 61.2 Å². The first kappa shape index (κ1) is 42.9. The first-order valence-corrected chi connectivity index (χ1v) is 19.5. The average molecular weight is 624 g/mol. The van der Waals surface area contributed by atoms with Crippen LogP contribution in [0, 0.1) is 0 Å². The van der Waals surface area contributed by atoms with Crippen molar-refractivity contribution in [1.29, 1.82) is 0 Å². The zero-order chi connectivity index (χ0) is 32.2. The largest absolute Gasteiger partial charge is 0.395 e. The zero-order valence-corrected chi connectivity index (χ0v) is 29.8. The Morgan fingerprint density at radius 3 is 0.977 bits per heavy atom. The second-order valence-electron chi connectivity index (χ2n) is 13.3. The molecule has 6 nitrogen and oxygen atoms in total. The maximum atomic E-state index is 12.2. The van der Waals surface area contributed by atoms with Crippen molar-refractivity contribution < 1.29 is 14.7 Å². The highest BCUT2D eigenvalue weighted by molar-refractivity contribution is 5.76. The third-order valence-corrected chi connectivity index (χ3v) is 8.93. The van der Waals surface area contributed by atoms with Gasteiger partial charge in [-0.1, -0.05) is 168 Å². The lowest BCUT2D eigenvalue weighted by molar-refractivity contribution is -0.121. The fourth-order valence-corrected chi connectivity index (χ4v) is 5.97. The highest BCUT2D eigenvalue weighted by Gasteiger charge is 2.08. The van der Waals surface area contributed by atoms with E-state index in [1.54, 1.807) is 0 Å². The van der Waals surface area contributed by atoms with E-state index < -0.39 is 0 Å². The lowest BCUT2D eigenvalue weighted by Crippen LogP contribution is -2.40. The summed E-state index contributed by atoms with van der Waals surface area (Å²) in [5.41, 5.74) is 0. The Hall–Kier alpha value is -1.14. The van der Waals surface area contributed by atoms with Gasteiger partial charge in [-0.3, -0.25) is 14.5 Å². The van der Waals surface area contributed by atoms with Gasteiger partial charge < -0.3 is 15.7 Å². The molecule has 0 spiro atoms. The predicted octanol–water partition coefficient (Wildman–Crippen LogP) is 9.48. The van der Waals surface area contributed by atoms with Gasteiger partial charge in [0.05, 0.1) is 6.61 Å². The minimum atomic E-state index is 0.0831. The molecule has 0 aromatic carbocycles. The van der Waals surface area contributed by atoms with Crippen LogP contribution in [-0.2, 0) is 9.59 Å². The van der Waals surface area contributed by atoms with Gasteiger partial charge in [-0.15, -0.1) is 0 Å². The molecule has 0 aliphatic rings. The Bertz CT molecular complexity index is 554. The van der Waals surface area contributed by atoms with E-state index in [1.807, 2.05) is 0 Å². The molecule has 6 heteroatoms. The summed E-state index contributed by atoms with van der Waals surface area (Å²) in [6, 6.07) is 0. The summed E-state index contributed by atoms with van der Waals surface area (Å²) >= 11 is 0. The zero-order valence-electron chi connectivity index (χ0n) is 29.8. The minimum Gasteiger partial charge on any atom is -0.395 e. The quantitative estimate of drug-likeness (QED) is 0.0607.